The number of esters is 3. The molecule has 416 valence electrons. The second kappa shape index (κ2) is 56.7. The van der Waals surface area contributed by atoms with Crippen molar-refractivity contribution in [3.05, 3.63) is 0 Å². The van der Waals surface area contributed by atoms with Gasteiger partial charge in [-0.15, -0.1) is 0 Å². The average molecular weight is 990 g/mol. The van der Waals surface area contributed by atoms with Gasteiger partial charge in [-0.05, 0) is 31.1 Å². The molecule has 0 bridgehead atoms. The minimum Gasteiger partial charge on any atom is -0.462 e. The number of hydrogen-bond donors (Lipinski definition) is 0. The SMILES string of the molecule is CCCCCCCCCCCCCCCCCCCCC(=O)O[C@@H](COC(=O)CCCCCCCCCCCCCCCCC(C)CC)COC(=O)CCCCCCCCCCCCCCCC(C)C. The van der Waals surface area contributed by atoms with Crippen LogP contribution in [-0.2, 0) is 28.6 Å². The summed E-state index contributed by atoms with van der Waals surface area (Å²) in [4.78, 5) is 38.3. The fourth-order valence-corrected chi connectivity index (χ4v) is 9.90. The van der Waals surface area contributed by atoms with Gasteiger partial charge in [0.2, 0.25) is 0 Å². The molecule has 0 saturated heterocycles. The Hall–Kier alpha value is -1.59. The van der Waals surface area contributed by atoms with Crippen LogP contribution in [0.2, 0.25) is 0 Å². The lowest BCUT2D eigenvalue weighted by Crippen LogP contribution is -2.30. The van der Waals surface area contributed by atoms with Crippen molar-refractivity contribution >= 4 is 17.9 Å². The first kappa shape index (κ1) is 68.4. The lowest BCUT2D eigenvalue weighted by atomic mass is 9.99. The highest BCUT2D eigenvalue weighted by molar-refractivity contribution is 5.71. The Kier molecular flexibility index (Phi) is 55.4. The first-order chi connectivity index (χ1) is 34.3. The van der Waals surface area contributed by atoms with E-state index in [1.165, 1.54) is 250 Å². The van der Waals surface area contributed by atoms with Crippen molar-refractivity contribution < 1.29 is 28.6 Å². The molecule has 0 aromatic carbocycles. The predicted octanol–water partition coefficient (Wildman–Crippen LogP) is 21.2. The summed E-state index contributed by atoms with van der Waals surface area (Å²) in [6.07, 6.45) is 62.4. The fraction of sp³-hybridized carbons (Fsp3) is 0.953. The molecule has 0 aromatic heterocycles. The van der Waals surface area contributed by atoms with Crippen molar-refractivity contribution in [2.24, 2.45) is 11.8 Å². The zero-order valence-electron chi connectivity index (χ0n) is 48.2. The van der Waals surface area contributed by atoms with Gasteiger partial charge in [-0.3, -0.25) is 14.4 Å². The standard InChI is InChI=1S/C64H124O6/c1-6-8-9-10-11-12-13-14-15-16-17-18-25-31-36-41-46-51-56-64(67)70-61(58-69-63(66)55-50-45-40-35-30-26-21-22-27-32-37-42-47-52-59(3)4)57-68-62(65)54-49-44-39-34-29-24-20-19-23-28-33-38-43-48-53-60(5)7-2/h59-61H,6-58H2,1-5H3/t60?,61-/m0/s1. The zero-order chi connectivity index (χ0) is 51.1. The molecule has 0 fully saturated rings. The minimum atomic E-state index is -0.764. The molecule has 1 unspecified atom stereocenters. The molecular weight excluding hydrogens is 865 g/mol. The van der Waals surface area contributed by atoms with Crippen LogP contribution < -0.4 is 0 Å². The summed E-state index contributed by atoms with van der Waals surface area (Å²) in [6, 6.07) is 0. The van der Waals surface area contributed by atoms with Crippen LogP contribution in [0.3, 0.4) is 0 Å². The molecule has 2 atom stereocenters. The maximum Gasteiger partial charge on any atom is 0.306 e. The van der Waals surface area contributed by atoms with Gasteiger partial charge >= 0.3 is 17.9 Å². The maximum absolute atomic E-state index is 12.9. The van der Waals surface area contributed by atoms with Crippen LogP contribution in [0.15, 0.2) is 0 Å². The van der Waals surface area contributed by atoms with Gasteiger partial charge in [0.05, 0.1) is 0 Å². The van der Waals surface area contributed by atoms with Gasteiger partial charge in [0.25, 0.3) is 0 Å². The van der Waals surface area contributed by atoms with E-state index in [0.717, 1.165) is 69.6 Å². The van der Waals surface area contributed by atoms with E-state index >= 15 is 0 Å². The molecule has 70 heavy (non-hydrogen) atoms. The Morgan fingerprint density at radius 3 is 0.814 bits per heavy atom. The Labute approximate surface area is 438 Å². The van der Waals surface area contributed by atoms with Crippen molar-refractivity contribution in [3.8, 4) is 0 Å². The van der Waals surface area contributed by atoms with E-state index in [1.54, 1.807) is 0 Å². The van der Waals surface area contributed by atoms with Crippen LogP contribution >= 0.6 is 0 Å². The lowest BCUT2D eigenvalue weighted by Gasteiger charge is -2.18. The third-order valence-corrected chi connectivity index (χ3v) is 15.1. The highest BCUT2D eigenvalue weighted by Crippen LogP contribution is 2.19. The van der Waals surface area contributed by atoms with Gasteiger partial charge in [-0.2, -0.15) is 0 Å². The number of rotatable bonds is 58. The Balaban J connectivity index is 4.30. The van der Waals surface area contributed by atoms with Crippen LogP contribution in [0.4, 0.5) is 0 Å². The normalized spacial score (nSPS) is 12.4. The summed E-state index contributed by atoms with van der Waals surface area (Å²) in [7, 11) is 0. The second-order valence-corrected chi connectivity index (χ2v) is 22.8. The summed E-state index contributed by atoms with van der Waals surface area (Å²) in [5, 5.41) is 0. The van der Waals surface area contributed by atoms with E-state index < -0.39 is 6.10 Å². The largest absolute Gasteiger partial charge is 0.462 e. The molecule has 0 saturated carbocycles. The number of carbonyl (C=O) groups is 3. The average Bonchev–Trinajstić information content (AvgIpc) is 3.35. The first-order valence-electron chi connectivity index (χ1n) is 31.8. The van der Waals surface area contributed by atoms with E-state index in [4.69, 9.17) is 14.2 Å². The Morgan fingerprint density at radius 2 is 0.543 bits per heavy atom. The summed E-state index contributed by atoms with van der Waals surface area (Å²) < 4.78 is 17.0. The van der Waals surface area contributed by atoms with Crippen LogP contribution in [0.1, 0.15) is 362 Å². The molecule has 0 rings (SSSR count). The van der Waals surface area contributed by atoms with E-state index in [2.05, 4.69) is 34.6 Å². The Bertz CT molecular complexity index is 1070. The van der Waals surface area contributed by atoms with Gasteiger partial charge in [-0.25, -0.2) is 0 Å². The number of carbonyl (C=O) groups excluding carboxylic acids is 3. The monoisotopic (exact) mass is 989 g/mol. The predicted molar refractivity (Wildman–Crippen MR) is 303 cm³/mol. The summed E-state index contributed by atoms with van der Waals surface area (Å²) >= 11 is 0. The van der Waals surface area contributed by atoms with E-state index in [0.29, 0.717) is 19.3 Å². The zero-order valence-corrected chi connectivity index (χ0v) is 48.2. The third kappa shape index (κ3) is 55.7. The number of unbranched alkanes of at least 4 members (excludes halogenated alkanes) is 42. The molecule has 0 aromatic rings. The molecule has 0 heterocycles. The molecule has 0 amide bonds. The van der Waals surface area contributed by atoms with Crippen LogP contribution in [0, 0.1) is 11.8 Å². The molecule has 0 N–H and O–H groups in total. The third-order valence-electron chi connectivity index (χ3n) is 15.1. The van der Waals surface area contributed by atoms with Crippen molar-refractivity contribution in [2.45, 2.75) is 368 Å². The van der Waals surface area contributed by atoms with Crippen molar-refractivity contribution in [1.29, 1.82) is 0 Å². The van der Waals surface area contributed by atoms with Crippen LogP contribution in [-0.4, -0.2) is 37.2 Å². The van der Waals surface area contributed by atoms with E-state index in [1.807, 2.05) is 0 Å². The summed E-state index contributed by atoms with van der Waals surface area (Å²) in [6.45, 7) is 11.5. The molecule has 6 nitrogen and oxygen atoms in total. The van der Waals surface area contributed by atoms with Gasteiger partial charge in [0.1, 0.15) is 13.2 Å². The van der Waals surface area contributed by atoms with Gasteiger partial charge < -0.3 is 14.2 Å². The molecule has 0 aliphatic rings. The van der Waals surface area contributed by atoms with Gasteiger partial charge in [0.15, 0.2) is 6.10 Å². The molecule has 0 radical (unpaired) electrons. The quantitative estimate of drug-likeness (QED) is 0.0343. The van der Waals surface area contributed by atoms with Gasteiger partial charge in [-0.1, -0.05) is 324 Å². The molecular formula is C64H124O6. The highest BCUT2D eigenvalue weighted by Gasteiger charge is 2.19. The first-order valence-corrected chi connectivity index (χ1v) is 31.8. The van der Waals surface area contributed by atoms with Crippen molar-refractivity contribution in [2.75, 3.05) is 13.2 Å². The fourth-order valence-electron chi connectivity index (χ4n) is 9.90. The number of ether oxygens (including phenoxy) is 3. The van der Waals surface area contributed by atoms with Crippen molar-refractivity contribution in [3.63, 3.8) is 0 Å². The molecule has 0 aliphatic carbocycles. The highest BCUT2D eigenvalue weighted by atomic mass is 16.6. The summed E-state index contributed by atoms with van der Waals surface area (Å²) in [5.41, 5.74) is 0. The van der Waals surface area contributed by atoms with Crippen LogP contribution in [0.5, 0.6) is 0 Å². The maximum atomic E-state index is 12.9. The molecule has 6 heteroatoms. The van der Waals surface area contributed by atoms with E-state index in [-0.39, 0.29) is 31.1 Å². The molecule has 0 aliphatic heterocycles. The second-order valence-electron chi connectivity index (χ2n) is 22.8. The van der Waals surface area contributed by atoms with Gasteiger partial charge in [0, 0.05) is 19.3 Å². The topological polar surface area (TPSA) is 78.9 Å². The van der Waals surface area contributed by atoms with Crippen molar-refractivity contribution in [1.82, 2.24) is 0 Å². The Morgan fingerprint density at radius 1 is 0.300 bits per heavy atom. The molecule has 0 spiro atoms. The van der Waals surface area contributed by atoms with Crippen LogP contribution in [0.25, 0.3) is 0 Å². The number of hydrogen-bond acceptors (Lipinski definition) is 6. The smallest absolute Gasteiger partial charge is 0.306 e. The van der Waals surface area contributed by atoms with E-state index in [9.17, 15) is 14.4 Å². The minimum absolute atomic E-state index is 0.0620. The lowest BCUT2D eigenvalue weighted by molar-refractivity contribution is -0.167. The summed E-state index contributed by atoms with van der Waals surface area (Å²) in [5.74, 6) is 0.904.